The zero-order valence-corrected chi connectivity index (χ0v) is 49.9. The predicted octanol–water partition coefficient (Wildman–Crippen LogP) is 21.8. The van der Waals surface area contributed by atoms with Crippen molar-refractivity contribution in [3.63, 3.8) is 0 Å². The maximum Gasteiger partial charge on any atom is 0.306 e. The lowest BCUT2D eigenvalue weighted by Crippen LogP contribution is -2.30. The van der Waals surface area contributed by atoms with Gasteiger partial charge in [0.1, 0.15) is 13.2 Å². The van der Waals surface area contributed by atoms with Crippen LogP contribution >= 0.6 is 0 Å². The average molecular weight is 1070 g/mol. The molecule has 0 aromatic heterocycles. The molecular weight excluding hydrogens is 949 g/mol. The lowest BCUT2D eigenvalue weighted by Gasteiger charge is -2.18. The molecule has 0 aromatic rings. The van der Waals surface area contributed by atoms with Crippen molar-refractivity contribution in [2.45, 2.75) is 284 Å². The molecule has 0 heterocycles. The van der Waals surface area contributed by atoms with Crippen LogP contribution in [0.15, 0.2) is 134 Å². The van der Waals surface area contributed by atoms with Crippen LogP contribution in [0.5, 0.6) is 0 Å². The van der Waals surface area contributed by atoms with Gasteiger partial charge < -0.3 is 14.2 Å². The second-order valence-electron chi connectivity index (χ2n) is 20.6. The van der Waals surface area contributed by atoms with Gasteiger partial charge in [-0.05, 0) is 141 Å². The Bertz CT molecular complexity index is 1650. The van der Waals surface area contributed by atoms with Gasteiger partial charge in [-0.15, -0.1) is 0 Å². The van der Waals surface area contributed by atoms with E-state index in [0.29, 0.717) is 25.7 Å². The molecule has 6 nitrogen and oxygen atoms in total. The number of carbonyl (C=O) groups is 3. The van der Waals surface area contributed by atoms with Gasteiger partial charge in [-0.3, -0.25) is 14.4 Å². The molecule has 0 N–H and O–H groups in total. The van der Waals surface area contributed by atoms with Gasteiger partial charge in [0.2, 0.25) is 0 Å². The smallest absolute Gasteiger partial charge is 0.306 e. The quantitative estimate of drug-likeness (QED) is 0.0261. The van der Waals surface area contributed by atoms with E-state index in [4.69, 9.17) is 14.2 Å². The van der Waals surface area contributed by atoms with Crippen LogP contribution in [0, 0.1) is 0 Å². The van der Waals surface area contributed by atoms with Crippen molar-refractivity contribution in [1.82, 2.24) is 0 Å². The standard InChI is InChI=1S/C71H116O6/c1-4-7-10-13-16-19-22-25-28-30-32-33-34-35-36-37-38-39-40-42-43-46-49-52-55-58-61-64-70(73)76-67-68(66-75-69(72)63-60-57-54-51-48-45-27-24-21-18-15-12-9-6-3)77-71(74)65-62-59-56-53-50-47-44-41-31-29-26-23-20-17-14-11-8-5-2/h7,10,16,19-20,23-25,27-29,31-33,35-36,38-39,42-43,49,52,68H,4-6,8-9,11-15,17-18,21-22,26,30,34,37,40-41,44-48,50-51,53-67H2,1-3H3/b10-7-,19-16-,23-20-,27-24-,28-25-,31-29-,33-32-,36-35-,39-38-,43-42-,52-49-. The lowest BCUT2D eigenvalue weighted by atomic mass is 10.1. The zero-order chi connectivity index (χ0) is 55.7. The van der Waals surface area contributed by atoms with E-state index in [1.807, 2.05) is 0 Å². The predicted molar refractivity (Wildman–Crippen MR) is 334 cm³/mol. The highest BCUT2D eigenvalue weighted by atomic mass is 16.6. The average Bonchev–Trinajstić information content (AvgIpc) is 3.43. The summed E-state index contributed by atoms with van der Waals surface area (Å²) in [6.07, 6.45) is 90.2. The Morgan fingerprint density at radius 2 is 0.506 bits per heavy atom. The van der Waals surface area contributed by atoms with Crippen LogP contribution in [0.4, 0.5) is 0 Å². The Morgan fingerprint density at radius 1 is 0.273 bits per heavy atom. The first-order valence-electron chi connectivity index (χ1n) is 31.7. The molecule has 0 spiro atoms. The van der Waals surface area contributed by atoms with Crippen molar-refractivity contribution in [3.05, 3.63) is 134 Å². The molecule has 0 aliphatic heterocycles. The Labute approximate surface area is 475 Å². The minimum Gasteiger partial charge on any atom is -0.462 e. The third kappa shape index (κ3) is 62.3. The van der Waals surface area contributed by atoms with Crippen LogP contribution in [0.2, 0.25) is 0 Å². The van der Waals surface area contributed by atoms with Crippen LogP contribution in [0.1, 0.15) is 278 Å². The molecule has 0 rings (SSSR count). The summed E-state index contributed by atoms with van der Waals surface area (Å²) < 4.78 is 16.9. The van der Waals surface area contributed by atoms with E-state index in [1.165, 1.54) is 103 Å². The fourth-order valence-electron chi connectivity index (χ4n) is 8.36. The number of hydrogen-bond donors (Lipinski definition) is 0. The van der Waals surface area contributed by atoms with E-state index >= 15 is 0 Å². The number of unbranched alkanes of at least 4 members (excludes halogenated alkanes) is 23. The summed E-state index contributed by atoms with van der Waals surface area (Å²) in [5.74, 6) is -0.963. The van der Waals surface area contributed by atoms with Crippen molar-refractivity contribution in [2.24, 2.45) is 0 Å². The molecule has 6 heteroatoms. The fraction of sp³-hybridized carbons (Fsp3) is 0.648. The van der Waals surface area contributed by atoms with Crippen molar-refractivity contribution >= 4 is 17.9 Å². The van der Waals surface area contributed by atoms with E-state index < -0.39 is 6.10 Å². The molecule has 0 radical (unpaired) electrons. The molecule has 1 unspecified atom stereocenters. The van der Waals surface area contributed by atoms with Crippen LogP contribution < -0.4 is 0 Å². The van der Waals surface area contributed by atoms with Gasteiger partial charge in [0.05, 0.1) is 0 Å². The van der Waals surface area contributed by atoms with Gasteiger partial charge in [0.25, 0.3) is 0 Å². The first-order valence-corrected chi connectivity index (χ1v) is 31.7. The molecule has 0 aromatic carbocycles. The van der Waals surface area contributed by atoms with Crippen LogP contribution in [0.25, 0.3) is 0 Å². The number of ether oxygens (including phenoxy) is 3. The zero-order valence-electron chi connectivity index (χ0n) is 49.9. The molecule has 0 amide bonds. The van der Waals surface area contributed by atoms with Gasteiger partial charge in [-0.1, -0.05) is 251 Å². The summed E-state index contributed by atoms with van der Waals surface area (Å²) in [5, 5.41) is 0. The van der Waals surface area contributed by atoms with E-state index in [0.717, 1.165) is 128 Å². The van der Waals surface area contributed by atoms with Crippen LogP contribution in [0.3, 0.4) is 0 Å². The summed E-state index contributed by atoms with van der Waals surface area (Å²) >= 11 is 0. The number of allylic oxidation sites excluding steroid dienone is 22. The number of esters is 3. The maximum atomic E-state index is 12.9. The first-order chi connectivity index (χ1) is 38.0. The number of hydrogen-bond acceptors (Lipinski definition) is 6. The SMILES string of the molecule is CC/C=C\C/C=C\C/C=C\C/C=C\C/C=C\C/C=C\C/C=C\C/C=C\CCCCC(=O)OCC(COC(=O)CCCCCCC/C=C\CCCCCCC)OC(=O)CCCCCCCCC/C=C\C/C=C\CCCCCC. The lowest BCUT2D eigenvalue weighted by molar-refractivity contribution is -0.167. The van der Waals surface area contributed by atoms with Gasteiger partial charge in [0, 0.05) is 19.3 Å². The van der Waals surface area contributed by atoms with Crippen molar-refractivity contribution < 1.29 is 28.6 Å². The summed E-state index contributed by atoms with van der Waals surface area (Å²) in [6.45, 7) is 6.46. The molecule has 436 valence electrons. The first kappa shape index (κ1) is 72.5. The van der Waals surface area contributed by atoms with E-state index in [2.05, 4.69) is 154 Å². The summed E-state index contributed by atoms with van der Waals surface area (Å²) in [4.78, 5) is 38.3. The molecule has 0 fully saturated rings. The second-order valence-corrected chi connectivity index (χ2v) is 20.6. The van der Waals surface area contributed by atoms with Gasteiger partial charge in [-0.2, -0.15) is 0 Å². The largest absolute Gasteiger partial charge is 0.462 e. The molecule has 1 atom stereocenters. The highest BCUT2D eigenvalue weighted by Gasteiger charge is 2.19. The Balaban J connectivity index is 4.47. The monoisotopic (exact) mass is 1060 g/mol. The minimum absolute atomic E-state index is 0.103. The van der Waals surface area contributed by atoms with E-state index in [1.54, 1.807) is 0 Å². The highest BCUT2D eigenvalue weighted by Crippen LogP contribution is 2.14. The summed E-state index contributed by atoms with van der Waals surface area (Å²) in [7, 11) is 0. The van der Waals surface area contributed by atoms with E-state index in [9.17, 15) is 14.4 Å². The number of carbonyl (C=O) groups excluding carboxylic acids is 3. The summed E-state index contributed by atoms with van der Waals surface area (Å²) in [6, 6.07) is 0. The highest BCUT2D eigenvalue weighted by molar-refractivity contribution is 5.71. The van der Waals surface area contributed by atoms with Crippen molar-refractivity contribution in [2.75, 3.05) is 13.2 Å². The van der Waals surface area contributed by atoms with Crippen LogP contribution in [-0.2, 0) is 28.6 Å². The Hall–Kier alpha value is -4.45. The fourth-order valence-corrected chi connectivity index (χ4v) is 8.36. The van der Waals surface area contributed by atoms with Crippen molar-refractivity contribution in [3.8, 4) is 0 Å². The topological polar surface area (TPSA) is 78.9 Å². The molecule has 0 bridgehead atoms. The van der Waals surface area contributed by atoms with Gasteiger partial charge in [-0.25, -0.2) is 0 Å². The summed E-state index contributed by atoms with van der Waals surface area (Å²) in [5.41, 5.74) is 0. The maximum absolute atomic E-state index is 12.9. The second kappa shape index (κ2) is 64.1. The van der Waals surface area contributed by atoms with Crippen LogP contribution in [-0.4, -0.2) is 37.2 Å². The normalized spacial score (nSPS) is 13.0. The van der Waals surface area contributed by atoms with Gasteiger partial charge >= 0.3 is 17.9 Å². The van der Waals surface area contributed by atoms with E-state index in [-0.39, 0.29) is 31.1 Å². The van der Waals surface area contributed by atoms with Crippen molar-refractivity contribution in [1.29, 1.82) is 0 Å². The molecule has 0 saturated carbocycles. The molecule has 0 aliphatic rings. The number of rotatable bonds is 56. The van der Waals surface area contributed by atoms with Gasteiger partial charge in [0.15, 0.2) is 6.10 Å². The molecular formula is C71H116O6. The third-order valence-electron chi connectivity index (χ3n) is 13.1. The Morgan fingerprint density at radius 3 is 0.844 bits per heavy atom. The molecule has 0 saturated heterocycles. The third-order valence-corrected chi connectivity index (χ3v) is 13.1. The molecule has 0 aliphatic carbocycles. The Kier molecular flexibility index (Phi) is 60.4. The minimum atomic E-state index is -0.809. The molecule has 77 heavy (non-hydrogen) atoms.